The normalized spacial score (nSPS) is 15.4. The minimum Gasteiger partial charge on any atom is -0.482 e. The molecule has 5 heteroatoms. The summed E-state index contributed by atoms with van der Waals surface area (Å²) in [6.45, 7) is 1.35. The highest BCUT2D eigenvalue weighted by Crippen LogP contribution is 2.18. The second kappa shape index (κ2) is 6.22. The maximum atomic E-state index is 11.6. The van der Waals surface area contributed by atoms with E-state index in [-0.39, 0.29) is 18.6 Å². The van der Waals surface area contributed by atoms with Gasteiger partial charge >= 0.3 is 5.97 Å². The summed E-state index contributed by atoms with van der Waals surface area (Å²) in [5.74, 6) is -0.215. The molecular formula is C14H17NO4. The van der Waals surface area contributed by atoms with Crippen LogP contribution in [0.5, 0.6) is 5.75 Å². The Kier molecular flexibility index (Phi) is 4.39. The van der Waals surface area contributed by atoms with E-state index in [1.54, 1.807) is 19.1 Å². The molecule has 1 saturated carbocycles. The van der Waals surface area contributed by atoms with Crippen LogP contribution in [0.25, 0.3) is 0 Å². The van der Waals surface area contributed by atoms with E-state index in [9.17, 15) is 9.59 Å². The van der Waals surface area contributed by atoms with Gasteiger partial charge in [-0.2, -0.15) is 0 Å². The van der Waals surface area contributed by atoms with Crippen LogP contribution in [0, 0.1) is 0 Å². The number of carbonyl (C=O) groups is 2. The number of esters is 1. The van der Waals surface area contributed by atoms with Crippen LogP contribution in [-0.4, -0.2) is 30.6 Å². The largest absolute Gasteiger partial charge is 0.482 e. The molecule has 0 spiro atoms. The SMILES string of the molecule is CC(OC(=O)COc1ccccc1)C(=O)NC1CC1. The van der Waals surface area contributed by atoms with Crippen LogP contribution in [0.3, 0.4) is 0 Å². The lowest BCUT2D eigenvalue weighted by molar-refractivity contribution is -0.156. The maximum Gasteiger partial charge on any atom is 0.344 e. The molecule has 1 N–H and O–H groups in total. The van der Waals surface area contributed by atoms with Gasteiger partial charge in [0.2, 0.25) is 0 Å². The Balaban J connectivity index is 1.69. The van der Waals surface area contributed by atoms with Crippen LogP contribution in [0.2, 0.25) is 0 Å². The third kappa shape index (κ3) is 4.62. The summed E-state index contributed by atoms with van der Waals surface area (Å²) >= 11 is 0. The molecule has 1 aromatic rings. The van der Waals surface area contributed by atoms with Crippen molar-refractivity contribution in [2.24, 2.45) is 0 Å². The number of rotatable bonds is 6. The number of amides is 1. The van der Waals surface area contributed by atoms with E-state index in [1.807, 2.05) is 18.2 Å². The van der Waals surface area contributed by atoms with Crippen LogP contribution >= 0.6 is 0 Å². The van der Waals surface area contributed by atoms with Gasteiger partial charge in [-0.1, -0.05) is 18.2 Å². The quantitative estimate of drug-likeness (QED) is 0.785. The standard InChI is InChI=1S/C14H17NO4/c1-10(14(17)15-11-7-8-11)19-13(16)9-18-12-5-3-2-4-6-12/h2-6,10-11H,7-9H2,1H3,(H,15,17). The summed E-state index contributed by atoms with van der Waals surface area (Å²) < 4.78 is 10.2. The molecule has 2 rings (SSSR count). The van der Waals surface area contributed by atoms with Crippen LogP contribution in [0.4, 0.5) is 0 Å². The molecule has 5 nitrogen and oxygen atoms in total. The smallest absolute Gasteiger partial charge is 0.344 e. The zero-order valence-electron chi connectivity index (χ0n) is 10.8. The third-order valence-electron chi connectivity index (χ3n) is 2.70. The van der Waals surface area contributed by atoms with Gasteiger partial charge in [0, 0.05) is 6.04 Å². The average molecular weight is 263 g/mol. The fourth-order valence-electron chi connectivity index (χ4n) is 1.49. The van der Waals surface area contributed by atoms with Crippen LogP contribution in [0.1, 0.15) is 19.8 Å². The van der Waals surface area contributed by atoms with Crippen molar-refractivity contribution in [1.29, 1.82) is 0 Å². The van der Waals surface area contributed by atoms with Crippen molar-refractivity contribution in [3.8, 4) is 5.75 Å². The summed E-state index contributed by atoms with van der Waals surface area (Å²) in [4.78, 5) is 23.1. The van der Waals surface area contributed by atoms with Gasteiger partial charge < -0.3 is 14.8 Å². The van der Waals surface area contributed by atoms with Gasteiger partial charge in [0.1, 0.15) is 5.75 Å². The van der Waals surface area contributed by atoms with Crippen molar-refractivity contribution in [2.75, 3.05) is 6.61 Å². The first kappa shape index (κ1) is 13.4. The summed E-state index contributed by atoms with van der Waals surface area (Å²) in [7, 11) is 0. The molecule has 0 bridgehead atoms. The van der Waals surface area contributed by atoms with E-state index in [0.717, 1.165) is 12.8 Å². The Morgan fingerprint density at radius 2 is 2.00 bits per heavy atom. The molecule has 0 saturated heterocycles. The van der Waals surface area contributed by atoms with E-state index >= 15 is 0 Å². The topological polar surface area (TPSA) is 64.6 Å². The van der Waals surface area contributed by atoms with Crippen LogP contribution in [-0.2, 0) is 14.3 Å². The number of para-hydroxylation sites is 1. The predicted molar refractivity (Wildman–Crippen MR) is 68.7 cm³/mol. The van der Waals surface area contributed by atoms with E-state index in [0.29, 0.717) is 5.75 Å². The van der Waals surface area contributed by atoms with Crippen molar-refractivity contribution in [1.82, 2.24) is 5.32 Å². The minimum absolute atomic E-state index is 0.203. The van der Waals surface area contributed by atoms with Crippen molar-refractivity contribution < 1.29 is 19.1 Å². The average Bonchev–Trinajstić information content (AvgIpc) is 3.21. The van der Waals surface area contributed by atoms with Crippen molar-refractivity contribution in [3.63, 3.8) is 0 Å². The highest BCUT2D eigenvalue weighted by molar-refractivity contribution is 5.84. The van der Waals surface area contributed by atoms with E-state index < -0.39 is 12.1 Å². The van der Waals surface area contributed by atoms with Gasteiger partial charge in [-0.3, -0.25) is 4.79 Å². The van der Waals surface area contributed by atoms with Crippen molar-refractivity contribution >= 4 is 11.9 Å². The maximum absolute atomic E-state index is 11.6. The first-order valence-electron chi connectivity index (χ1n) is 6.33. The molecule has 0 radical (unpaired) electrons. The molecule has 0 aromatic heterocycles. The molecular weight excluding hydrogens is 246 g/mol. The van der Waals surface area contributed by atoms with Gasteiger partial charge in [0.15, 0.2) is 12.7 Å². The number of benzene rings is 1. The Morgan fingerprint density at radius 1 is 1.32 bits per heavy atom. The molecule has 1 aromatic carbocycles. The van der Waals surface area contributed by atoms with E-state index in [4.69, 9.17) is 9.47 Å². The zero-order chi connectivity index (χ0) is 13.7. The monoisotopic (exact) mass is 263 g/mol. The fraction of sp³-hybridized carbons (Fsp3) is 0.429. The lowest BCUT2D eigenvalue weighted by atomic mass is 10.3. The summed E-state index contributed by atoms with van der Waals surface area (Å²) in [6, 6.07) is 9.23. The first-order chi connectivity index (χ1) is 9.15. The second-order valence-corrected chi connectivity index (χ2v) is 4.52. The predicted octanol–water partition coefficient (Wildman–Crippen LogP) is 1.28. The Labute approximate surface area is 111 Å². The summed E-state index contributed by atoms with van der Waals surface area (Å²) in [6.07, 6.45) is 1.22. The Bertz CT molecular complexity index is 442. The zero-order valence-corrected chi connectivity index (χ0v) is 10.8. The van der Waals surface area contributed by atoms with Gasteiger partial charge in [-0.05, 0) is 31.9 Å². The number of hydrogen-bond donors (Lipinski definition) is 1. The number of hydrogen-bond acceptors (Lipinski definition) is 4. The summed E-state index contributed by atoms with van der Waals surface area (Å²) in [5.41, 5.74) is 0. The molecule has 0 heterocycles. The van der Waals surface area contributed by atoms with Gasteiger partial charge in [0.05, 0.1) is 0 Å². The Morgan fingerprint density at radius 3 is 2.63 bits per heavy atom. The lowest BCUT2D eigenvalue weighted by Gasteiger charge is -2.13. The lowest BCUT2D eigenvalue weighted by Crippen LogP contribution is -2.37. The van der Waals surface area contributed by atoms with Crippen molar-refractivity contribution in [2.45, 2.75) is 31.9 Å². The second-order valence-electron chi connectivity index (χ2n) is 4.52. The molecule has 1 aliphatic rings. The van der Waals surface area contributed by atoms with Gasteiger partial charge in [-0.25, -0.2) is 4.79 Å². The molecule has 1 unspecified atom stereocenters. The van der Waals surface area contributed by atoms with Gasteiger partial charge in [-0.15, -0.1) is 0 Å². The molecule has 19 heavy (non-hydrogen) atoms. The third-order valence-corrected chi connectivity index (χ3v) is 2.70. The van der Waals surface area contributed by atoms with Crippen LogP contribution < -0.4 is 10.1 Å². The van der Waals surface area contributed by atoms with Crippen LogP contribution in [0.15, 0.2) is 30.3 Å². The van der Waals surface area contributed by atoms with E-state index in [1.165, 1.54) is 0 Å². The molecule has 1 fully saturated rings. The fourth-order valence-corrected chi connectivity index (χ4v) is 1.49. The van der Waals surface area contributed by atoms with Crippen molar-refractivity contribution in [3.05, 3.63) is 30.3 Å². The molecule has 0 aliphatic heterocycles. The Hall–Kier alpha value is -2.04. The number of carbonyl (C=O) groups excluding carboxylic acids is 2. The molecule has 1 amide bonds. The molecule has 1 atom stereocenters. The summed E-state index contributed by atoms with van der Waals surface area (Å²) in [5, 5.41) is 2.78. The van der Waals surface area contributed by atoms with Gasteiger partial charge in [0.25, 0.3) is 5.91 Å². The highest BCUT2D eigenvalue weighted by atomic mass is 16.6. The highest BCUT2D eigenvalue weighted by Gasteiger charge is 2.27. The minimum atomic E-state index is -0.785. The molecule has 102 valence electrons. The first-order valence-corrected chi connectivity index (χ1v) is 6.33. The number of nitrogens with one attached hydrogen (secondary N) is 1. The number of ether oxygens (including phenoxy) is 2. The van der Waals surface area contributed by atoms with E-state index in [2.05, 4.69) is 5.32 Å². The molecule has 1 aliphatic carbocycles.